The third-order valence-corrected chi connectivity index (χ3v) is 3.02. The number of para-hydroxylation sites is 1. The Morgan fingerprint density at radius 3 is 2.62 bits per heavy atom. The van der Waals surface area contributed by atoms with E-state index in [1.54, 1.807) is 0 Å². The van der Waals surface area contributed by atoms with Gasteiger partial charge in [-0.2, -0.15) is 0 Å². The summed E-state index contributed by atoms with van der Waals surface area (Å²) in [4.78, 5) is 0. The minimum atomic E-state index is 0. The summed E-state index contributed by atoms with van der Waals surface area (Å²) in [6.07, 6.45) is 1.26. The number of halogens is 2. The summed E-state index contributed by atoms with van der Waals surface area (Å²) in [5.74, 6) is 0. The molecule has 1 heterocycles. The Labute approximate surface area is 103 Å². The van der Waals surface area contributed by atoms with Crippen molar-refractivity contribution in [3.8, 4) is 0 Å². The van der Waals surface area contributed by atoms with Crippen molar-refractivity contribution in [1.29, 1.82) is 0 Å². The minimum absolute atomic E-state index is 0. The first-order chi connectivity index (χ1) is 5.38. The maximum absolute atomic E-state index is 3.39. The molecule has 0 fully saturated rings. The molecule has 1 aliphatic heterocycles. The zero-order chi connectivity index (χ0) is 7.68. The summed E-state index contributed by atoms with van der Waals surface area (Å²) in [5.41, 5.74) is 2.80. The van der Waals surface area contributed by atoms with E-state index >= 15 is 0 Å². The molecular formula is C9H12Cl2NTi. The Bertz CT molecular complexity index is 268. The molecule has 0 radical (unpaired) electrons. The first-order valence-electron chi connectivity index (χ1n) is 3.92. The molecule has 0 amide bonds. The van der Waals surface area contributed by atoms with E-state index in [-0.39, 0.29) is 24.8 Å². The van der Waals surface area contributed by atoms with Crippen molar-refractivity contribution in [2.45, 2.75) is 10.6 Å². The molecule has 0 bridgehead atoms. The van der Waals surface area contributed by atoms with Crippen LogP contribution in [0.4, 0.5) is 5.69 Å². The van der Waals surface area contributed by atoms with Crippen LogP contribution < -0.4 is 5.32 Å². The van der Waals surface area contributed by atoms with E-state index in [1.807, 2.05) is 0 Å². The Morgan fingerprint density at radius 2 is 1.92 bits per heavy atom. The molecule has 0 saturated carbocycles. The van der Waals surface area contributed by atoms with E-state index in [2.05, 4.69) is 50.0 Å². The van der Waals surface area contributed by atoms with E-state index in [1.165, 1.54) is 17.7 Å². The summed E-state index contributed by atoms with van der Waals surface area (Å²) in [6.45, 7) is 1.12. The Kier molecular flexibility index (Phi) is 6.07. The number of anilines is 1. The van der Waals surface area contributed by atoms with Crippen LogP contribution in [0.25, 0.3) is 0 Å². The number of nitrogens with one attached hydrogen (secondary N) is 1. The van der Waals surface area contributed by atoms with Crippen LogP contribution >= 0.6 is 24.8 Å². The van der Waals surface area contributed by atoms with Gasteiger partial charge in [-0.05, 0) is 0 Å². The quantitative estimate of drug-likeness (QED) is 0.701. The van der Waals surface area contributed by atoms with Gasteiger partial charge in [0.1, 0.15) is 0 Å². The molecule has 2 rings (SSSR count). The number of hydrogen-bond acceptors (Lipinski definition) is 1. The summed E-state index contributed by atoms with van der Waals surface area (Å²) in [6, 6.07) is 8.57. The normalized spacial score (nSPS) is 18.5. The predicted molar refractivity (Wildman–Crippen MR) is 56.8 cm³/mol. The summed E-state index contributed by atoms with van der Waals surface area (Å²) < 4.78 is 0.729. The average Bonchev–Trinajstić information content (AvgIpc) is 2.06. The molecule has 0 spiro atoms. The second-order valence-corrected chi connectivity index (χ2v) is 3.94. The van der Waals surface area contributed by atoms with Gasteiger partial charge in [0, 0.05) is 0 Å². The molecule has 13 heavy (non-hydrogen) atoms. The van der Waals surface area contributed by atoms with Gasteiger partial charge in [-0.25, -0.2) is 0 Å². The Morgan fingerprint density at radius 1 is 1.23 bits per heavy atom. The predicted octanol–water partition coefficient (Wildman–Crippen LogP) is 2.93. The van der Waals surface area contributed by atoms with Crippen molar-refractivity contribution >= 4 is 30.5 Å². The van der Waals surface area contributed by atoms with Crippen LogP contribution in [0.5, 0.6) is 0 Å². The van der Waals surface area contributed by atoms with Crippen molar-refractivity contribution in [3.63, 3.8) is 0 Å². The molecule has 1 N–H and O–H groups in total. The molecule has 1 aliphatic rings. The van der Waals surface area contributed by atoms with E-state index in [9.17, 15) is 0 Å². The number of benzene rings is 1. The van der Waals surface area contributed by atoms with Gasteiger partial charge in [-0.15, -0.1) is 24.8 Å². The fourth-order valence-corrected chi connectivity index (χ4v) is 2.09. The van der Waals surface area contributed by atoms with Gasteiger partial charge in [0.15, 0.2) is 0 Å². The summed E-state index contributed by atoms with van der Waals surface area (Å²) >= 11 is 2.29. The van der Waals surface area contributed by atoms with Crippen LogP contribution in [-0.4, -0.2) is 6.54 Å². The van der Waals surface area contributed by atoms with Crippen LogP contribution in [0, 0.1) is 0 Å². The van der Waals surface area contributed by atoms with Crippen molar-refractivity contribution in [2.24, 2.45) is 0 Å². The summed E-state index contributed by atoms with van der Waals surface area (Å²) in [5, 5.41) is 3.39. The first-order valence-corrected chi connectivity index (χ1v) is 4.82. The van der Waals surface area contributed by atoms with E-state index in [0.29, 0.717) is 0 Å². The van der Waals surface area contributed by atoms with Crippen LogP contribution in [-0.2, 0) is 20.4 Å². The number of hydrogen-bond donors (Lipinski definition) is 1. The van der Waals surface area contributed by atoms with E-state index in [4.69, 9.17) is 0 Å². The zero-order valence-electron chi connectivity index (χ0n) is 7.12. The van der Waals surface area contributed by atoms with Gasteiger partial charge in [0.2, 0.25) is 0 Å². The third-order valence-electron chi connectivity index (χ3n) is 2.08. The number of fused-ring (bicyclic) bond motifs is 1. The molecule has 0 aliphatic carbocycles. The SMILES string of the molecule is Cl.Cl.[Ti][CH]1CCNc2ccccc21. The van der Waals surface area contributed by atoms with Crippen LogP contribution in [0.15, 0.2) is 24.3 Å². The van der Waals surface area contributed by atoms with Gasteiger partial charge in [-0.1, -0.05) is 0 Å². The van der Waals surface area contributed by atoms with Crippen LogP contribution in [0.2, 0.25) is 0 Å². The molecule has 4 heteroatoms. The zero-order valence-corrected chi connectivity index (χ0v) is 10.3. The van der Waals surface area contributed by atoms with Gasteiger partial charge in [0.05, 0.1) is 0 Å². The van der Waals surface area contributed by atoms with Crippen LogP contribution in [0.1, 0.15) is 16.2 Å². The van der Waals surface area contributed by atoms with Gasteiger partial charge >= 0.3 is 78.5 Å². The average molecular weight is 253 g/mol. The fourth-order valence-electron chi connectivity index (χ4n) is 1.47. The Hall–Kier alpha value is 0.314. The molecule has 1 aromatic carbocycles. The molecule has 1 nitrogen and oxygen atoms in total. The second-order valence-electron chi connectivity index (χ2n) is 2.86. The Balaban J connectivity index is 0.000000720. The van der Waals surface area contributed by atoms with Crippen molar-refractivity contribution in [1.82, 2.24) is 0 Å². The van der Waals surface area contributed by atoms with Crippen LogP contribution in [0.3, 0.4) is 0 Å². The topological polar surface area (TPSA) is 12.0 Å². The van der Waals surface area contributed by atoms with E-state index < -0.39 is 0 Å². The van der Waals surface area contributed by atoms with Gasteiger partial charge in [0.25, 0.3) is 0 Å². The standard InChI is InChI=1S/C9H10N.2ClH.Ti/c1-2-6-9-8(4-1)5-3-7-10-9;;;/h1-2,4-6,10H,3,7H2;2*1H;. The van der Waals surface area contributed by atoms with E-state index in [0.717, 1.165) is 10.8 Å². The number of rotatable bonds is 0. The van der Waals surface area contributed by atoms with Crippen molar-refractivity contribution in [2.75, 3.05) is 11.9 Å². The van der Waals surface area contributed by atoms with Gasteiger partial charge < -0.3 is 0 Å². The van der Waals surface area contributed by atoms with Gasteiger partial charge in [-0.3, -0.25) is 0 Å². The summed E-state index contributed by atoms with van der Waals surface area (Å²) in [7, 11) is 0. The molecule has 0 aromatic heterocycles. The molecule has 1 aromatic rings. The molecule has 1 atom stereocenters. The maximum atomic E-state index is 3.39. The fraction of sp³-hybridized carbons (Fsp3) is 0.333. The van der Waals surface area contributed by atoms with Crippen molar-refractivity contribution in [3.05, 3.63) is 29.8 Å². The van der Waals surface area contributed by atoms with Crippen molar-refractivity contribution < 1.29 is 20.4 Å². The first kappa shape index (κ1) is 13.3. The molecule has 1 unspecified atom stereocenters. The molecular weight excluding hydrogens is 241 g/mol. The molecule has 0 saturated heterocycles. The third kappa shape index (κ3) is 2.88. The molecule has 71 valence electrons. The second kappa shape index (κ2) is 5.92. The monoisotopic (exact) mass is 252 g/mol.